The van der Waals surface area contributed by atoms with Gasteiger partial charge in [0.2, 0.25) is 6.79 Å². The van der Waals surface area contributed by atoms with E-state index in [0.717, 1.165) is 34.4 Å². The van der Waals surface area contributed by atoms with Crippen LogP contribution in [0.5, 0.6) is 11.5 Å². The van der Waals surface area contributed by atoms with Crippen LogP contribution in [0.25, 0.3) is 10.9 Å². The summed E-state index contributed by atoms with van der Waals surface area (Å²) in [6.45, 7) is 6.83. The first-order valence-electron chi connectivity index (χ1n) is 10.0. The molecule has 0 fully saturated rings. The Bertz CT molecular complexity index is 1140. The van der Waals surface area contributed by atoms with E-state index in [-0.39, 0.29) is 18.9 Å². The summed E-state index contributed by atoms with van der Waals surface area (Å²) in [6.07, 6.45) is 0.607. The predicted molar refractivity (Wildman–Crippen MR) is 115 cm³/mol. The molecule has 7 nitrogen and oxygen atoms in total. The molecule has 0 atom stereocenters. The number of aryl methyl sites for hydroxylation is 1. The van der Waals surface area contributed by atoms with Crippen LogP contribution in [0.4, 0.5) is 10.5 Å². The molecule has 4 rings (SSSR count). The number of ether oxygens (including phenoxy) is 2. The molecule has 1 aliphatic heterocycles. The molecule has 2 heterocycles. The third-order valence-corrected chi connectivity index (χ3v) is 5.10. The van der Waals surface area contributed by atoms with E-state index in [1.165, 1.54) is 0 Å². The number of amides is 2. The molecule has 1 aromatic heterocycles. The van der Waals surface area contributed by atoms with Gasteiger partial charge in [-0.05, 0) is 44.5 Å². The smallest absolute Gasteiger partial charge is 0.319 e. The van der Waals surface area contributed by atoms with Gasteiger partial charge in [0.25, 0.3) is 0 Å². The Balaban J connectivity index is 1.64. The van der Waals surface area contributed by atoms with Crippen molar-refractivity contribution in [3.05, 3.63) is 53.2 Å². The van der Waals surface area contributed by atoms with Gasteiger partial charge >= 0.3 is 6.03 Å². The molecule has 7 heteroatoms. The van der Waals surface area contributed by atoms with Crippen molar-refractivity contribution >= 4 is 22.6 Å². The number of urea groups is 1. The van der Waals surface area contributed by atoms with Crippen molar-refractivity contribution in [1.29, 1.82) is 5.26 Å². The van der Waals surface area contributed by atoms with Gasteiger partial charge in [0, 0.05) is 41.8 Å². The normalized spacial score (nSPS) is 12.2. The van der Waals surface area contributed by atoms with E-state index in [0.29, 0.717) is 23.5 Å². The monoisotopic (exact) mass is 404 g/mol. The minimum absolute atomic E-state index is 0.0711. The third kappa shape index (κ3) is 3.64. The number of fused-ring (bicyclic) bond motifs is 2. The van der Waals surface area contributed by atoms with E-state index in [1.54, 1.807) is 0 Å². The average Bonchev–Trinajstić information content (AvgIpc) is 3.28. The highest BCUT2D eigenvalue weighted by Crippen LogP contribution is 2.39. The molecular formula is C23H24N4O3. The first kappa shape index (κ1) is 19.6. The molecule has 0 unspecified atom stereocenters. The van der Waals surface area contributed by atoms with Crippen molar-refractivity contribution < 1.29 is 14.3 Å². The predicted octanol–water partition coefficient (Wildman–Crippen LogP) is 4.38. The van der Waals surface area contributed by atoms with Gasteiger partial charge in [-0.3, -0.25) is 0 Å². The highest BCUT2D eigenvalue weighted by atomic mass is 16.7. The summed E-state index contributed by atoms with van der Waals surface area (Å²) < 4.78 is 13.2. The molecule has 3 aromatic rings. The summed E-state index contributed by atoms with van der Waals surface area (Å²) in [7, 11) is 0. The van der Waals surface area contributed by atoms with Crippen molar-refractivity contribution in [2.24, 2.45) is 0 Å². The topological polar surface area (TPSA) is 88.3 Å². The number of rotatable bonds is 5. The van der Waals surface area contributed by atoms with E-state index < -0.39 is 0 Å². The fraction of sp³-hybridized carbons (Fsp3) is 0.304. The molecule has 0 saturated carbocycles. The number of hydrogen-bond donors (Lipinski definition) is 2. The van der Waals surface area contributed by atoms with Crippen LogP contribution in [0.15, 0.2) is 36.4 Å². The lowest BCUT2D eigenvalue weighted by molar-refractivity contribution is 0.174. The second-order valence-corrected chi connectivity index (χ2v) is 7.53. The van der Waals surface area contributed by atoms with Crippen molar-refractivity contribution in [2.45, 2.75) is 39.8 Å². The van der Waals surface area contributed by atoms with E-state index in [4.69, 9.17) is 9.47 Å². The molecule has 2 N–H and O–H groups in total. The van der Waals surface area contributed by atoms with Gasteiger partial charge in [0.1, 0.15) is 6.07 Å². The fourth-order valence-electron chi connectivity index (χ4n) is 3.79. The van der Waals surface area contributed by atoms with Crippen molar-refractivity contribution in [3.63, 3.8) is 0 Å². The van der Waals surface area contributed by atoms with E-state index >= 15 is 0 Å². The second kappa shape index (κ2) is 7.99. The summed E-state index contributed by atoms with van der Waals surface area (Å²) in [5.41, 5.74) is 4.36. The summed E-state index contributed by atoms with van der Waals surface area (Å²) in [6, 6.07) is 13.7. The molecule has 0 saturated heterocycles. The largest absolute Gasteiger partial charge is 0.454 e. The van der Waals surface area contributed by atoms with Gasteiger partial charge in [-0.15, -0.1) is 0 Å². The lowest BCUT2D eigenvalue weighted by atomic mass is 10.0. The summed E-state index contributed by atoms with van der Waals surface area (Å²) in [5.74, 6) is 1.38. The number of hydrogen-bond acceptors (Lipinski definition) is 4. The van der Waals surface area contributed by atoms with Gasteiger partial charge in [-0.2, -0.15) is 5.26 Å². The molecule has 2 amide bonds. The minimum Gasteiger partial charge on any atom is -0.454 e. The molecule has 30 heavy (non-hydrogen) atoms. The third-order valence-electron chi connectivity index (χ3n) is 5.10. The SMILES string of the molecule is CCn1c(Cc2ccc(NC(=O)NC(C)C)cc2)c(C#N)c2cc3c(cc21)OCO3. The zero-order valence-electron chi connectivity index (χ0n) is 17.3. The second-order valence-electron chi connectivity index (χ2n) is 7.53. The molecule has 0 bridgehead atoms. The number of carbonyl (C=O) groups is 1. The van der Waals surface area contributed by atoms with Crippen molar-refractivity contribution in [1.82, 2.24) is 9.88 Å². The highest BCUT2D eigenvalue weighted by molar-refractivity contribution is 5.91. The van der Waals surface area contributed by atoms with Gasteiger partial charge in [0.15, 0.2) is 11.5 Å². The number of nitriles is 1. The number of benzene rings is 2. The summed E-state index contributed by atoms with van der Waals surface area (Å²) in [4.78, 5) is 11.9. The fourth-order valence-corrected chi connectivity index (χ4v) is 3.79. The Morgan fingerprint density at radius 2 is 1.90 bits per heavy atom. The van der Waals surface area contributed by atoms with Gasteiger partial charge in [-0.25, -0.2) is 4.79 Å². The number of carbonyl (C=O) groups excluding carboxylic acids is 1. The maximum absolute atomic E-state index is 11.9. The van der Waals surface area contributed by atoms with E-state index in [9.17, 15) is 10.1 Å². The van der Waals surface area contributed by atoms with Crippen LogP contribution in [-0.4, -0.2) is 23.4 Å². The van der Waals surface area contributed by atoms with E-state index in [2.05, 4.69) is 28.2 Å². The van der Waals surface area contributed by atoms with Crippen molar-refractivity contribution in [3.8, 4) is 17.6 Å². The highest BCUT2D eigenvalue weighted by Gasteiger charge is 2.22. The van der Waals surface area contributed by atoms with Crippen molar-refractivity contribution in [2.75, 3.05) is 12.1 Å². The Hall–Kier alpha value is -3.66. The lowest BCUT2D eigenvalue weighted by Crippen LogP contribution is -2.34. The number of nitrogens with zero attached hydrogens (tertiary/aromatic N) is 2. The Labute approximate surface area is 175 Å². The Morgan fingerprint density at radius 1 is 1.20 bits per heavy atom. The average molecular weight is 404 g/mol. The van der Waals surface area contributed by atoms with Gasteiger partial charge in [0.05, 0.1) is 11.1 Å². The Morgan fingerprint density at radius 3 is 2.53 bits per heavy atom. The molecular weight excluding hydrogens is 380 g/mol. The molecule has 0 aliphatic carbocycles. The maximum Gasteiger partial charge on any atom is 0.319 e. The van der Waals surface area contributed by atoms with Crippen LogP contribution in [0.3, 0.4) is 0 Å². The first-order valence-corrected chi connectivity index (χ1v) is 10.0. The zero-order chi connectivity index (χ0) is 21.3. The quantitative estimate of drug-likeness (QED) is 0.660. The van der Waals surface area contributed by atoms with Gasteiger partial charge < -0.3 is 24.7 Å². The number of aromatic nitrogens is 1. The molecule has 1 aliphatic rings. The van der Waals surface area contributed by atoms with Crippen LogP contribution >= 0.6 is 0 Å². The first-order chi connectivity index (χ1) is 14.5. The van der Waals surface area contributed by atoms with Crippen LogP contribution in [0.2, 0.25) is 0 Å². The molecule has 0 spiro atoms. The summed E-state index contributed by atoms with van der Waals surface area (Å²) in [5, 5.41) is 16.4. The van der Waals surface area contributed by atoms with Gasteiger partial charge in [-0.1, -0.05) is 12.1 Å². The molecule has 2 aromatic carbocycles. The standard InChI is InChI=1S/C23H24N4O3/c1-4-27-19(9-15-5-7-16(8-6-15)26-23(28)25-14(2)3)18(12-24)17-10-21-22(11-20(17)27)30-13-29-21/h5-8,10-11,14H,4,9,13H2,1-3H3,(H2,25,26,28). The van der Waals surface area contributed by atoms with Crippen LogP contribution in [0.1, 0.15) is 37.6 Å². The van der Waals surface area contributed by atoms with Crippen LogP contribution in [0, 0.1) is 11.3 Å². The molecule has 154 valence electrons. The van der Waals surface area contributed by atoms with Crippen LogP contribution < -0.4 is 20.1 Å². The van der Waals surface area contributed by atoms with Crippen LogP contribution in [-0.2, 0) is 13.0 Å². The maximum atomic E-state index is 11.9. The minimum atomic E-state index is -0.229. The Kier molecular flexibility index (Phi) is 5.23. The lowest BCUT2D eigenvalue weighted by Gasteiger charge is -2.11. The molecule has 0 radical (unpaired) electrons. The summed E-state index contributed by atoms with van der Waals surface area (Å²) >= 11 is 0. The number of anilines is 1. The zero-order valence-corrected chi connectivity index (χ0v) is 17.3. The van der Waals surface area contributed by atoms with E-state index in [1.807, 2.05) is 50.2 Å². The number of nitrogens with one attached hydrogen (secondary N) is 2.